The maximum absolute atomic E-state index is 12.3. The molecule has 1 heterocycles. The Morgan fingerprint density at radius 2 is 1.72 bits per heavy atom. The molecule has 0 bridgehead atoms. The van der Waals surface area contributed by atoms with Crippen LogP contribution in [0.5, 0.6) is 5.75 Å². The number of aromatic nitrogens is 1. The fourth-order valence-electron chi connectivity index (χ4n) is 1.89. The molecule has 0 aliphatic rings. The molecule has 0 spiro atoms. The lowest BCUT2D eigenvalue weighted by Gasteiger charge is -2.04. The summed E-state index contributed by atoms with van der Waals surface area (Å²) in [6.45, 7) is 0. The van der Waals surface area contributed by atoms with Gasteiger partial charge in [0.1, 0.15) is 10.8 Å². The highest BCUT2D eigenvalue weighted by molar-refractivity contribution is 9.10. The van der Waals surface area contributed by atoms with Gasteiger partial charge in [0.05, 0.1) is 4.92 Å². The number of nitro groups is 1. The minimum atomic E-state index is -4.12. The number of nitrogens with zero attached hydrogens (tertiary/aromatic N) is 2. The number of hydrogen-bond acceptors (Lipinski definition) is 7. The van der Waals surface area contributed by atoms with Crippen molar-refractivity contribution in [3.8, 4) is 16.3 Å². The Kier molecular flexibility index (Phi) is 4.84. The molecule has 0 aliphatic carbocycles. The van der Waals surface area contributed by atoms with E-state index in [4.69, 9.17) is 4.18 Å². The Bertz CT molecular complexity index is 1010. The van der Waals surface area contributed by atoms with E-state index in [1.807, 2.05) is 24.3 Å². The van der Waals surface area contributed by atoms with Gasteiger partial charge < -0.3 is 4.18 Å². The summed E-state index contributed by atoms with van der Waals surface area (Å²) in [5.74, 6) is -0.0243. The van der Waals surface area contributed by atoms with E-state index in [1.54, 1.807) is 0 Å². The summed E-state index contributed by atoms with van der Waals surface area (Å²) in [6, 6.07) is 12.1. The number of rotatable bonds is 5. The summed E-state index contributed by atoms with van der Waals surface area (Å²) < 4.78 is 30.5. The predicted molar refractivity (Wildman–Crippen MR) is 96.2 cm³/mol. The standard InChI is InChI=1S/C15H9BrN2O5S2/c16-11-3-1-10(2-4-11)15-17-14(9-24-15)25(21,22)23-13-7-5-12(6-8-13)18(19)20/h1-9H. The summed E-state index contributed by atoms with van der Waals surface area (Å²) in [4.78, 5) is 14.1. The number of benzene rings is 2. The van der Waals surface area contributed by atoms with Gasteiger partial charge in [-0.3, -0.25) is 10.1 Å². The Labute approximate surface area is 155 Å². The van der Waals surface area contributed by atoms with E-state index in [9.17, 15) is 18.5 Å². The number of nitro benzene ring substituents is 1. The normalized spacial score (nSPS) is 11.2. The number of halogens is 1. The largest absolute Gasteiger partial charge is 0.378 e. The minimum absolute atomic E-state index is 0.0243. The van der Waals surface area contributed by atoms with Gasteiger partial charge in [0, 0.05) is 27.5 Å². The molecule has 7 nitrogen and oxygen atoms in total. The molecular formula is C15H9BrN2O5S2. The second kappa shape index (κ2) is 6.90. The zero-order valence-electron chi connectivity index (χ0n) is 12.3. The highest BCUT2D eigenvalue weighted by atomic mass is 79.9. The zero-order chi connectivity index (χ0) is 18.0. The van der Waals surface area contributed by atoms with Gasteiger partial charge in [0.2, 0.25) is 5.03 Å². The first kappa shape index (κ1) is 17.5. The second-order valence-electron chi connectivity index (χ2n) is 4.79. The van der Waals surface area contributed by atoms with E-state index in [-0.39, 0.29) is 16.5 Å². The van der Waals surface area contributed by atoms with Gasteiger partial charge in [0.25, 0.3) is 5.69 Å². The van der Waals surface area contributed by atoms with E-state index in [2.05, 4.69) is 20.9 Å². The number of hydrogen-bond donors (Lipinski definition) is 0. The van der Waals surface area contributed by atoms with Gasteiger partial charge in [-0.05, 0) is 24.3 Å². The molecule has 10 heteroatoms. The minimum Gasteiger partial charge on any atom is -0.378 e. The Balaban J connectivity index is 1.83. The second-order valence-corrected chi connectivity index (χ2v) is 8.05. The summed E-state index contributed by atoms with van der Waals surface area (Å²) in [5.41, 5.74) is 0.626. The smallest absolute Gasteiger partial charge is 0.357 e. The van der Waals surface area contributed by atoms with Crippen LogP contribution in [0.1, 0.15) is 0 Å². The number of thiazole rings is 1. The lowest BCUT2D eigenvalue weighted by Crippen LogP contribution is -2.10. The van der Waals surface area contributed by atoms with Crippen LogP contribution in [0.2, 0.25) is 0 Å². The SMILES string of the molecule is O=[N+]([O-])c1ccc(OS(=O)(=O)c2csc(-c3ccc(Br)cc3)n2)cc1. The van der Waals surface area contributed by atoms with E-state index >= 15 is 0 Å². The van der Waals surface area contributed by atoms with Crippen LogP contribution in [-0.2, 0) is 10.1 Å². The van der Waals surface area contributed by atoms with Gasteiger partial charge in [-0.1, -0.05) is 28.1 Å². The average molecular weight is 441 g/mol. The summed E-state index contributed by atoms with van der Waals surface area (Å²) in [6.07, 6.45) is 0. The molecule has 0 amide bonds. The fraction of sp³-hybridized carbons (Fsp3) is 0. The van der Waals surface area contributed by atoms with Gasteiger partial charge in [-0.25, -0.2) is 4.98 Å². The van der Waals surface area contributed by atoms with Crippen molar-refractivity contribution in [3.05, 3.63) is 68.5 Å². The van der Waals surface area contributed by atoms with Crippen LogP contribution in [0.25, 0.3) is 10.6 Å². The average Bonchev–Trinajstić information content (AvgIpc) is 3.06. The summed E-state index contributed by atoms with van der Waals surface area (Å²) >= 11 is 4.51. The lowest BCUT2D eigenvalue weighted by atomic mass is 10.2. The van der Waals surface area contributed by atoms with Crippen molar-refractivity contribution in [2.45, 2.75) is 5.03 Å². The lowest BCUT2D eigenvalue weighted by molar-refractivity contribution is -0.384. The van der Waals surface area contributed by atoms with Gasteiger partial charge in [0.15, 0.2) is 0 Å². The van der Waals surface area contributed by atoms with Crippen molar-refractivity contribution in [1.29, 1.82) is 0 Å². The first-order valence-electron chi connectivity index (χ1n) is 6.75. The van der Waals surface area contributed by atoms with Gasteiger partial charge in [-0.2, -0.15) is 8.42 Å². The van der Waals surface area contributed by atoms with Crippen LogP contribution in [0, 0.1) is 10.1 Å². The van der Waals surface area contributed by atoms with E-state index < -0.39 is 15.0 Å². The molecule has 0 saturated heterocycles. The monoisotopic (exact) mass is 440 g/mol. The van der Waals surface area contributed by atoms with Crippen LogP contribution in [-0.4, -0.2) is 18.3 Å². The van der Waals surface area contributed by atoms with Crippen molar-refractivity contribution >= 4 is 43.1 Å². The quantitative estimate of drug-likeness (QED) is 0.334. The third-order valence-electron chi connectivity index (χ3n) is 3.08. The first-order chi connectivity index (χ1) is 11.8. The third kappa shape index (κ3) is 4.03. The van der Waals surface area contributed by atoms with Crippen molar-refractivity contribution in [2.24, 2.45) is 0 Å². The molecule has 0 radical (unpaired) electrons. The molecule has 25 heavy (non-hydrogen) atoms. The molecule has 0 fully saturated rings. The molecule has 0 aliphatic heterocycles. The predicted octanol–water partition coefficient (Wildman–Crippen LogP) is 4.25. The van der Waals surface area contributed by atoms with Crippen molar-refractivity contribution in [1.82, 2.24) is 4.98 Å². The van der Waals surface area contributed by atoms with E-state index in [0.29, 0.717) is 5.01 Å². The van der Waals surface area contributed by atoms with Crippen LogP contribution >= 0.6 is 27.3 Å². The summed E-state index contributed by atoms with van der Waals surface area (Å²) in [7, 11) is -4.12. The molecule has 0 saturated carbocycles. The molecule has 0 atom stereocenters. The topological polar surface area (TPSA) is 99.4 Å². The molecule has 128 valence electrons. The zero-order valence-corrected chi connectivity index (χ0v) is 15.5. The molecule has 3 aromatic rings. The Hall–Kier alpha value is -2.30. The van der Waals surface area contributed by atoms with Crippen molar-refractivity contribution in [3.63, 3.8) is 0 Å². The van der Waals surface area contributed by atoms with Crippen LogP contribution in [0.15, 0.2) is 63.4 Å². The molecular weight excluding hydrogens is 432 g/mol. The maximum atomic E-state index is 12.3. The van der Waals surface area contributed by atoms with Crippen LogP contribution < -0.4 is 4.18 Å². The van der Waals surface area contributed by atoms with Crippen LogP contribution in [0.4, 0.5) is 5.69 Å². The van der Waals surface area contributed by atoms with Crippen LogP contribution in [0.3, 0.4) is 0 Å². The maximum Gasteiger partial charge on any atom is 0.357 e. The molecule has 0 N–H and O–H groups in total. The Morgan fingerprint density at radius 1 is 1.08 bits per heavy atom. The Morgan fingerprint density at radius 3 is 2.32 bits per heavy atom. The first-order valence-corrected chi connectivity index (χ1v) is 9.84. The van der Waals surface area contributed by atoms with Gasteiger partial charge in [-0.15, -0.1) is 11.3 Å². The highest BCUT2D eigenvalue weighted by Gasteiger charge is 2.21. The third-order valence-corrected chi connectivity index (χ3v) is 5.79. The van der Waals surface area contributed by atoms with Crippen molar-refractivity contribution < 1.29 is 17.5 Å². The van der Waals surface area contributed by atoms with E-state index in [1.165, 1.54) is 41.0 Å². The molecule has 1 aromatic heterocycles. The number of non-ortho nitro benzene ring substituents is 1. The molecule has 3 rings (SSSR count). The summed E-state index contributed by atoms with van der Waals surface area (Å²) in [5, 5.41) is 12.3. The molecule has 2 aromatic carbocycles. The van der Waals surface area contributed by atoms with E-state index in [0.717, 1.165) is 10.0 Å². The molecule has 0 unspecified atom stereocenters. The van der Waals surface area contributed by atoms with Gasteiger partial charge >= 0.3 is 10.1 Å². The fourth-order valence-corrected chi connectivity index (χ4v) is 4.17. The van der Waals surface area contributed by atoms with Crippen molar-refractivity contribution in [2.75, 3.05) is 0 Å². The highest BCUT2D eigenvalue weighted by Crippen LogP contribution is 2.28.